The van der Waals surface area contributed by atoms with Gasteiger partial charge in [-0.15, -0.1) is 0 Å². The Morgan fingerprint density at radius 3 is 2.53 bits per heavy atom. The Labute approximate surface area is 96.8 Å². The summed E-state index contributed by atoms with van der Waals surface area (Å²) >= 11 is 0. The molecule has 0 spiro atoms. The quantitative estimate of drug-likeness (QED) is 0.751. The third kappa shape index (κ3) is 2.77. The smallest absolute Gasteiger partial charge is 0.316 e. The molecule has 0 aliphatic carbocycles. The molecule has 1 unspecified atom stereocenters. The number of benzene rings is 1. The van der Waals surface area contributed by atoms with Gasteiger partial charge < -0.3 is 5.32 Å². The van der Waals surface area contributed by atoms with E-state index in [1.54, 1.807) is 0 Å². The Kier molecular flexibility index (Phi) is 3.38. The van der Waals surface area contributed by atoms with Gasteiger partial charge in [-0.1, -0.05) is 6.07 Å². The predicted octanol–water partition coefficient (Wildman–Crippen LogP) is 3.31. The van der Waals surface area contributed by atoms with Gasteiger partial charge in [0.05, 0.1) is 5.56 Å². The first-order chi connectivity index (χ1) is 7.98. The molecule has 94 valence electrons. The second-order valence-corrected chi connectivity index (χ2v) is 4.28. The highest BCUT2D eigenvalue weighted by molar-refractivity contribution is 5.29. The van der Waals surface area contributed by atoms with Gasteiger partial charge >= 0.3 is 6.18 Å². The van der Waals surface area contributed by atoms with Gasteiger partial charge in [-0.3, -0.25) is 0 Å². The highest BCUT2D eigenvalue weighted by atomic mass is 19.4. The van der Waals surface area contributed by atoms with Crippen LogP contribution in [0.3, 0.4) is 0 Å². The van der Waals surface area contributed by atoms with E-state index in [-0.39, 0.29) is 5.92 Å². The summed E-state index contributed by atoms with van der Waals surface area (Å²) in [6, 6.07) is 3.23. The molecule has 1 N–H and O–H groups in total. The topological polar surface area (TPSA) is 12.0 Å². The first-order valence-electron chi connectivity index (χ1n) is 5.56. The van der Waals surface area contributed by atoms with Crippen molar-refractivity contribution < 1.29 is 17.6 Å². The minimum atomic E-state index is -4.62. The fourth-order valence-corrected chi connectivity index (χ4v) is 2.15. The summed E-state index contributed by atoms with van der Waals surface area (Å²) in [5.41, 5.74) is -0.548. The molecule has 0 aromatic heterocycles. The number of nitrogens with one attached hydrogen (secondary N) is 1. The van der Waals surface area contributed by atoms with Crippen LogP contribution in [0.4, 0.5) is 17.6 Å². The molecule has 0 bridgehead atoms. The number of piperidine rings is 1. The van der Waals surface area contributed by atoms with Gasteiger partial charge in [0.1, 0.15) is 5.82 Å². The van der Waals surface area contributed by atoms with E-state index in [1.807, 2.05) is 0 Å². The van der Waals surface area contributed by atoms with Crippen molar-refractivity contribution in [3.63, 3.8) is 0 Å². The summed E-state index contributed by atoms with van der Waals surface area (Å²) in [6.07, 6.45) is -2.77. The largest absolute Gasteiger partial charge is 0.419 e. The minimum Gasteiger partial charge on any atom is -0.316 e. The van der Waals surface area contributed by atoms with E-state index in [9.17, 15) is 17.6 Å². The third-order valence-corrected chi connectivity index (χ3v) is 3.07. The van der Waals surface area contributed by atoms with Gasteiger partial charge in [-0.25, -0.2) is 4.39 Å². The maximum atomic E-state index is 13.4. The summed E-state index contributed by atoms with van der Waals surface area (Å²) in [7, 11) is 0. The maximum absolute atomic E-state index is 13.4. The Morgan fingerprint density at radius 1 is 1.24 bits per heavy atom. The second kappa shape index (κ2) is 4.64. The second-order valence-electron chi connectivity index (χ2n) is 4.28. The molecule has 1 aromatic rings. The Morgan fingerprint density at radius 2 is 2.00 bits per heavy atom. The van der Waals surface area contributed by atoms with Crippen molar-refractivity contribution in [1.82, 2.24) is 5.32 Å². The van der Waals surface area contributed by atoms with Crippen molar-refractivity contribution in [3.05, 3.63) is 35.1 Å². The zero-order valence-electron chi connectivity index (χ0n) is 9.15. The molecule has 1 nitrogen and oxygen atoms in total. The van der Waals surface area contributed by atoms with Crippen LogP contribution >= 0.6 is 0 Å². The van der Waals surface area contributed by atoms with E-state index in [2.05, 4.69) is 5.32 Å². The van der Waals surface area contributed by atoms with Crippen molar-refractivity contribution in [1.29, 1.82) is 0 Å². The first kappa shape index (κ1) is 12.4. The van der Waals surface area contributed by atoms with Crippen LogP contribution in [0.2, 0.25) is 0 Å². The van der Waals surface area contributed by atoms with Crippen LogP contribution in [0.1, 0.15) is 29.9 Å². The van der Waals surface area contributed by atoms with Gasteiger partial charge in [0.2, 0.25) is 0 Å². The van der Waals surface area contributed by atoms with Crippen molar-refractivity contribution in [2.24, 2.45) is 0 Å². The zero-order valence-corrected chi connectivity index (χ0v) is 9.15. The van der Waals surface area contributed by atoms with E-state index in [4.69, 9.17) is 0 Å². The zero-order chi connectivity index (χ0) is 12.5. The summed E-state index contributed by atoms with van der Waals surface area (Å²) < 4.78 is 50.5. The van der Waals surface area contributed by atoms with Crippen molar-refractivity contribution in [2.75, 3.05) is 13.1 Å². The van der Waals surface area contributed by atoms with E-state index in [0.717, 1.165) is 31.5 Å². The fourth-order valence-electron chi connectivity index (χ4n) is 2.15. The SMILES string of the molecule is Fc1cc(C2CCCNC2)ccc1C(F)(F)F. The van der Waals surface area contributed by atoms with Gasteiger partial charge in [0.15, 0.2) is 0 Å². The molecule has 1 fully saturated rings. The average molecular weight is 247 g/mol. The van der Waals surface area contributed by atoms with Crippen LogP contribution in [-0.2, 0) is 6.18 Å². The van der Waals surface area contributed by atoms with Crippen LogP contribution < -0.4 is 5.32 Å². The Bertz CT molecular complexity index is 394. The Hall–Kier alpha value is -1.10. The number of alkyl halides is 3. The van der Waals surface area contributed by atoms with Gasteiger partial charge in [0, 0.05) is 6.54 Å². The number of hydrogen-bond acceptors (Lipinski definition) is 1. The third-order valence-electron chi connectivity index (χ3n) is 3.07. The summed E-state index contributed by atoms with van der Waals surface area (Å²) in [5, 5.41) is 3.15. The lowest BCUT2D eigenvalue weighted by Crippen LogP contribution is -2.28. The van der Waals surface area contributed by atoms with Crippen molar-refractivity contribution >= 4 is 0 Å². The lowest BCUT2D eigenvalue weighted by Gasteiger charge is -2.23. The normalized spacial score (nSPS) is 21.5. The molecule has 0 amide bonds. The summed E-state index contributed by atoms with van der Waals surface area (Å²) in [5.74, 6) is -1.07. The lowest BCUT2D eigenvalue weighted by molar-refractivity contribution is -0.140. The molecule has 1 aliphatic heterocycles. The van der Waals surface area contributed by atoms with Gasteiger partial charge in [-0.2, -0.15) is 13.2 Å². The van der Waals surface area contributed by atoms with E-state index in [0.29, 0.717) is 12.1 Å². The minimum absolute atomic E-state index is 0.112. The monoisotopic (exact) mass is 247 g/mol. The highest BCUT2D eigenvalue weighted by Gasteiger charge is 2.34. The molecular formula is C12H13F4N. The van der Waals surface area contributed by atoms with E-state index in [1.165, 1.54) is 6.07 Å². The van der Waals surface area contributed by atoms with E-state index >= 15 is 0 Å². The highest BCUT2D eigenvalue weighted by Crippen LogP contribution is 2.33. The van der Waals surface area contributed by atoms with Crippen LogP contribution in [-0.4, -0.2) is 13.1 Å². The van der Waals surface area contributed by atoms with Gasteiger partial charge in [0.25, 0.3) is 0 Å². The molecule has 1 heterocycles. The van der Waals surface area contributed by atoms with E-state index < -0.39 is 17.6 Å². The van der Waals surface area contributed by atoms with Crippen LogP contribution in [0, 0.1) is 5.82 Å². The van der Waals surface area contributed by atoms with Crippen LogP contribution in [0.25, 0.3) is 0 Å². The number of halogens is 4. The standard InChI is InChI=1S/C12H13F4N/c13-11-6-8(9-2-1-5-17-7-9)3-4-10(11)12(14,15)16/h3-4,6,9,17H,1-2,5,7H2. The molecule has 1 aliphatic rings. The molecule has 1 aromatic carbocycles. The van der Waals surface area contributed by atoms with Crippen LogP contribution in [0.15, 0.2) is 18.2 Å². The van der Waals surface area contributed by atoms with Crippen molar-refractivity contribution in [2.45, 2.75) is 24.9 Å². The molecule has 1 saturated heterocycles. The average Bonchev–Trinajstić information content (AvgIpc) is 2.28. The van der Waals surface area contributed by atoms with Crippen LogP contribution in [0.5, 0.6) is 0 Å². The first-order valence-corrected chi connectivity index (χ1v) is 5.56. The molecule has 17 heavy (non-hydrogen) atoms. The summed E-state index contributed by atoms with van der Waals surface area (Å²) in [4.78, 5) is 0. The summed E-state index contributed by atoms with van der Waals surface area (Å²) in [6.45, 7) is 1.62. The fraction of sp³-hybridized carbons (Fsp3) is 0.500. The molecule has 1 atom stereocenters. The predicted molar refractivity (Wildman–Crippen MR) is 56.2 cm³/mol. The molecular weight excluding hydrogens is 234 g/mol. The maximum Gasteiger partial charge on any atom is 0.419 e. The molecule has 5 heteroatoms. The number of rotatable bonds is 1. The number of hydrogen-bond donors (Lipinski definition) is 1. The molecule has 0 saturated carbocycles. The van der Waals surface area contributed by atoms with Crippen molar-refractivity contribution in [3.8, 4) is 0 Å². The Balaban J connectivity index is 2.24. The molecule has 2 rings (SSSR count). The van der Waals surface area contributed by atoms with Gasteiger partial charge in [-0.05, 0) is 43.0 Å². The molecule has 0 radical (unpaired) electrons. The lowest BCUT2D eigenvalue weighted by atomic mass is 9.91.